The lowest BCUT2D eigenvalue weighted by Gasteiger charge is -2.27. The first-order valence-electron chi connectivity index (χ1n) is 7.52. The average Bonchev–Trinajstić information content (AvgIpc) is 3.18. The number of nitrogens with zero attached hydrogens (tertiary/aromatic N) is 1. The Morgan fingerprint density at radius 3 is 2.71 bits per heavy atom. The molecule has 5 nitrogen and oxygen atoms in total. The largest absolute Gasteiger partial charge is 0.497 e. The predicted molar refractivity (Wildman–Crippen MR) is 79.8 cm³/mol. The van der Waals surface area contributed by atoms with E-state index in [0.717, 1.165) is 49.3 Å². The van der Waals surface area contributed by atoms with Gasteiger partial charge in [-0.3, -0.25) is 0 Å². The van der Waals surface area contributed by atoms with Crippen molar-refractivity contribution in [3.8, 4) is 11.5 Å². The molecule has 1 saturated carbocycles. The molecule has 114 valence electrons. The topological polar surface area (TPSA) is 50.8 Å². The van der Waals surface area contributed by atoms with Crippen LogP contribution < -0.4 is 14.8 Å². The number of hydrogen-bond acceptors (Lipinski definition) is 3. The van der Waals surface area contributed by atoms with Crippen LogP contribution in [0.2, 0.25) is 0 Å². The van der Waals surface area contributed by atoms with E-state index in [1.807, 2.05) is 23.1 Å². The standard InChI is InChI=1S/C16H22N2O3/c1-20-12-7-8-15(21-2)13(10-12)14-4-3-9-18(14)16(19)17-11-5-6-11/h7-8,10-11,14H,3-6,9H2,1-2H3,(H,17,19). The number of nitrogens with one attached hydrogen (secondary N) is 1. The van der Waals surface area contributed by atoms with Gasteiger partial charge in [0.1, 0.15) is 11.5 Å². The van der Waals surface area contributed by atoms with Gasteiger partial charge in [-0.1, -0.05) is 0 Å². The molecule has 1 heterocycles. The van der Waals surface area contributed by atoms with Crippen LogP contribution in [-0.4, -0.2) is 37.7 Å². The van der Waals surface area contributed by atoms with Crippen LogP contribution >= 0.6 is 0 Å². The first kappa shape index (κ1) is 14.0. The summed E-state index contributed by atoms with van der Waals surface area (Å²) in [5, 5.41) is 3.08. The van der Waals surface area contributed by atoms with Gasteiger partial charge in [0, 0.05) is 18.2 Å². The van der Waals surface area contributed by atoms with E-state index in [-0.39, 0.29) is 12.1 Å². The lowest BCUT2D eigenvalue weighted by atomic mass is 10.0. The minimum Gasteiger partial charge on any atom is -0.497 e. The van der Waals surface area contributed by atoms with Gasteiger partial charge < -0.3 is 19.7 Å². The molecule has 0 aromatic heterocycles. The summed E-state index contributed by atoms with van der Waals surface area (Å²) in [7, 11) is 3.31. The Labute approximate surface area is 125 Å². The van der Waals surface area contributed by atoms with Crippen molar-refractivity contribution in [1.29, 1.82) is 0 Å². The number of methoxy groups -OCH3 is 2. The van der Waals surface area contributed by atoms with E-state index in [4.69, 9.17) is 9.47 Å². The number of rotatable bonds is 4. The SMILES string of the molecule is COc1ccc(OC)c(C2CCCN2C(=O)NC2CC2)c1. The molecule has 1 unspecified atom stereocenters. The Bertz CT molecular complexity index is 528. The van der Waals surface area contributed by atoms with Crippen LogP contribution in [0.4, 0.5) is 4.79 Å². The third-order valence-corrected chi connectivity index (χ3v) is 4.21. The molecule has 1 atom stereocenters. The highest BCUT2D eigenvalue weighted by atomic mass is 16.5. The van der Waals surface area contributed by atoms with Crippen molar-refractivity contribution in [1.82, 2.24) is 10.2 Å². The molecular weight excluding hydrogens is 268 g/mol. The molecule has 1 aliphatic heterocycles. The zero-order valence-electron chi connectivity index (χ0n) is 12.6. The maximum atomic E-state index is 12.4. The number of ether oxygens (including phenoxy) is 2. The van der Waals surface area contributed by atoms with Crippen LogP contribution in [0.1, 0.15) is 37.3 Å². The smallest absolute Gasteiger partial charge is 0.318 e. The Kier molecular flexibility index (Phi) is 3.90. The number of likely N-dealkylation sites (tertiary alicyclic amines) is 1. The lowest BCUT2D eigenvalue weighted by molar-refractivity contribution is 0.191. The normalized spacial score (nSPS) is 21.2. The van der Waals surface area contributed by atoms with Crippen LogP contribution in [0.3, 0.4) is 0 Å². The Morgan fingerprint density at radius 1 is 1.24 bits per heavy atom. The summed E-state index contributed by atoms with van der Waals surface area (Å²) < 4.78 is 10.8. The molecule has 0 bridgehead atoms. The van der Waals surface area contributed by atoms with Gasteiger partial charge in [0.05, 0.1) is 20.3 Å². The molecule has 2 amide bonds. The number of carbonyl (C=O) groups is 1. The van der Waals surface area contributed by atoms with Crippen LogP contribution in [-0.2, 0) is 0 Å². The van der Waals surface area contributed by atoms with Crippen molar-refractivity contribution in [3.63, 3.8) is 0 Å². The number of urea groups is 1. The predicted octanol–water partition coefficient (Wildman–Crippen LogP) is 2.71. The van der Waals surface area contributed by atoms with E-state index in [1.165, 1.54) is 0 Å². The fourth-order valence-corrected chi connectivity index (χ4v) is 2.92. The van der Waals surface area contributed by atoms with Gasteiger partial charge in [-0.25, -0.2) is 4.79 Å². The van der Waals surface area contributed by atoms with E-state index in [1.54, 1.807) is 14.2 Å². The summed E-state index contributed by atoms with van der Waals surface area (Å²) in [4.78, 5) is 14.3. The molecule has 5 heteroatoms. The summed E-state index contributed by atoms with van der Waals surface area (Å²) >= 11 is 0. The van der Waals surface area contributed by atoms with Crippen molar-refractivity contribution in [2.45, 2.75) is 37.8 Å². The fraction of sp³-hybridized carbons (Fsp3) is 0.562. The Hall–Kier alpha value is -1.91. The maximum Gasteiger partial charge on any atom is 0.318 e. The fourth-order valence-electron chi connectivity index (χ4n) is 2.92. The summed E-state index contributed by atoms with van der Waals surface area (Å²) in [6.07, 6.45) is 4.18. The summed E-state index contributed by atoms with van der Waals surface area (Å²) in [6.45, 7) is 0.795. The molecule has 2 fully saturated rings. The first-order valence-corrected chi connectivity index (χ1v) is 7.52. The van der Waals surface area contributed by atoms with Crippen molar-refractivity contribution in [2.24, 2.45) is 0 Å². The highest BCUT2D eigenvalue weighted by molar-refractivity contribution is 5.76. The zero-order valence-corrected chi connectivity index (χ0v) is 12.6. The minimum atomic E-state index is 0.0462. The second-order valence-corrected chi connectivity index (χ2v) is 5.68. The van der Waals surface area contributed by atoms with Gasteiger partial charge in [-0.15, -0.1) is 0 Å². The second kappa shape index (κ2) is 5.84. The van der Waals surface area contributed by atoms with Gasteiger partial charge in [0.2, 0.25) is 0 Å². The Balaban J connectivity index is 1.84. The number of carbonyl (C=O) groups excluding carboxylic acids is 1. The second-order valence-electron chi connectivity index (χ2n) is 5.68. The molecule has 0 spiro atoms. The van der Waals surface area contributed by atoms with Crippen molar-refractivity contribution < 1.29 is 14.3 Å². The average molecular weight is 290 g/mol. The van der Waals surface area contributed by atoms with Gasteiger partial charge in [-0.2, -0.15) is 0 Å². The molecule has 1 aliphatic carbocycles. The van der Waals surface area contributed by atoms with Gasteiger partial charge in [0.25, 0.3) is 0 Å². The maximum absolute atomic E-state index is 12.4. The third kappa shape index (κ3) is 2.91. The van der Waals surface area contributed by atoms with Crippen LogP contribution in [0.15, 0.2) is 18.2 Å². The molecule has 0 radical (unpaired) electrons. The molecular formula is C16H22N2O3. The van der Waals surface area contributed by atoms with E-state index >= 15 is 0 Å². The highest BCUT2D eigenvalue weighted by Crippen LogP contribution is 2.39. The van der Waals surface area contributed by atoms with Gasteiger partial charge in [-0.05, 0) is 43.9 Å². The van der Waals surface area contributed by atoms with Crippen molar-refractivity contribution in [2.75, 3.05) is 20.8 Å². The van der Waals surface area contributed by atoms with Gasteiger partial charge in [0.15, 0.2) is 0 Å². The summed E-state index contributed by atoms with van der Waals surface area (Å²) in [6, 6.07) is 6.26. The minimum absolute atomic E-state index is 0.0462. The summed E-state index contributed by atoms with van der Waals surface area (Å²) in [5.74, 6) is 1.60. The van der Waals surface area contributed by atoms with Crippen molar-refractivity contribution in [3.05, 3.63) is 23.8 Å². The van der Waals surface area contributed by atoms with E-state index in [9.17, 15) is 4.79 Å². The van der Waals surface area contributed by atoms with E-state index in [0.29, 0.717) is 6.04 Å². The monoisotopic (exact) mass is 290 g/mol. The molecule has 2 aliphatic rings. The van der Waals surface area contributed by atoms with E-state index in [2.05, 4.69) is 5.32 Å². The third-order valence-electron chi connectivity index (χ3n) is 4.21. The lowest BCUT2D eigenvalue weighted by Crippen LogP contribution is -2.40. The van der Waals surface area contributed by atoms with Crippen LogP contribution in [0, 0.1) is 0 Å². The molecule has 21 heavy (non-hydrogen) atoms. The molecule has 1 aromatic rings. The Morgan fingerprint density at radius 2 is 2.05 bits per heavy atom. The van der Waals surface area contributed by atoms with Crippen LogP contribution in [0.5, 0.6) is 11.5 Å². The van der Waals surface area contributed by atoms with E-state index < -0.39 is 0 Å². The first-order chi connectivity index (χ1) is 10.2. The van der Waals surface area contributed by atoms with Crippen LogP contribution in [0.25, 0.3) is 0 Å². The quantitative estimate of drug-likeness (QED) is 0.927. The number of hydrogen-bond donors (Lipinski definition) is 1. The number of benzene rings is 1. The summed E-state index contributed by atoms with van der Waals surface area (Å²) in [5.41, 5.74) is 1.03. The number of amides is 2. The molecule has 3 rings (SSSR count). The highest BCUT2D eigenvalue weighted by Gasteiger charge is 2.34. The van der Waals surface area contributed by atoms with Gasteiger partial charge >= 0.3 is 6.03 Å². The van der Waals surface area contributed by atoms with Crippen molar-refractivity contribution >= 4 is 6.03 Å². The molecule has 1 N–H and O–H groups in total. The molecule has 1 saturated heterocycles. The zero-order chi connectivity index (χ0) is 14.8. The molecule has 1 aromatic carbocycles.